The zero-order valence-electron chi connectivity index (χ0n) is 14.3. The van der Waals surface area contributed by atoms with Crippen LogP contribution in [0.2, 0.25) is 0 Å². The van der Waals surface area contributed by atoms with Crippen molar-refractivity contribution in [2.24, 2.45) is 5.92 Å². The van der Waals surface area contributed by atoms with E-state index in [-0.39, 0.29) is 6.23 Å². The van der Waals surface area contributed by atoms with Crippen LogP contribution in [-0.4, -0.2) is 34.5 Å². The average Bonchev–Trinajstić information content (AvgIpc) is 2.84. The van der Waals surface area contributed by atoms with Gasteiger partial charge in [0.15, 0.2) is 6.29 Å². The summed E-state index contributed by atoms with van der Waals surface area (Å²) < 4.78 is 8.46. The first-order valence-electron chi connectivity index (χ1n) is 9.00. The van der Waals surface area contributed by atoms with Gasteiger partial charge in [0.1, 0.15) is 6.23 Å². The lowest BCUT2D eigenvalue weighted by Gasteiger charge is -2.35. The predicted octanol–water partition coefficient (Wildman–Crippen LogP) is 3.37. The van der Waals surface area contributed by atoms with E-state index in [0.29, 0.717) is 12.0 Å². The third-order valence-electron chi connectivity index (χ3n) is 6.28. The van der Waals surface area contributed by atoms with Gasteiger partial charge in [-0.15, -0.1) is 0 Å². The number of allylic oxidation sites excluding steroid dienone is 1. The molecule has 3 aliphatic rings. The fraction of sp³-hybridized carbons (Fsp3) is 0.500. The second-order valence-corrected chi connectivity index (χ2v) is 7.40. The van der Waals surface area contributed by atoms with Gasteiger partial charge in [-0.2, -0.15) is 0 Å². The minimum Gasteiger partial charge on any atom is -0.364 e. The lowest BCUT2D eigenvalue weighted by molar-refractivity contribution is -0.166. The van der Waals surface area contributed by atoms with Crippen LogP contribution in [0.5, 0.6) is 0 Å². The molecule has 1 aromatic heterocycles. The van der Waals surface area contributed by atoms with E-state index in [4.69, 9.17) is 4.74 Å². The summed E-state index contributed by atoms with van der Waals surface area (Å²) in [6.45, 7) is 3.11. The van der Waals surface area contributed by atoms with Crippen molar-refractivity contribution < 1.29 is 9.84 Å². The summed E-state index contributed by atoms with van der Waals surface area (Å²) in [5.41, 5.74) is 5.22. The molecule has 1 N–H and O–H groups in total. The van der Waals surface area contributed by atoms with Crippen LogP contribution in [0.4, 0.5) is 0 Å². The molecule has 4 nitrogen and oxygen atoms in total. The van der Waals surface area contributed by atoms with Gasteiger partial charge in [-0.3, -0.25) is 4.90 Å². The first-order valence-corrected chi connectivity index (χ1v) is 9.00. The molecule has 24 heavy (non-hydrogen) atoms. The molecule has 1 saturated heterocycles. The Morgan fingerprint density at radius 2 is 2.08 bits per heavy atom. The van der Waals surface area contributed by atoms with E-state index in [1.807, 2.05) is 13.0 Å². The number of fused-ring (bicyclic) bond motifs is 6. The van der Waals surface area contributed by atoms with Crippen LogP contribution in [0, 0.1) is 5.92 Å². The van der Waals surface area contributed by atoms with Gasteiger partial charge in [-0.1, -0.05) is 24.3 Å². The average molecular weight is 324 g/mol. The third-order valence-corrected chi connectivity index (χ3v) is 6.28. The van der Waals surface area contributed by atoms with E-state index < -0.39 is 6.29 Å². The first-order chi connectivity index (χ1) is 11.7. The lowest BCUT2D eigenvalue weighted by Crippen LogP contribution is -2.34. The van der Waals surface area contributed by atoms with Gasteiger partial charge in [0.05, 0.1) is 11.6 Å². The van der Waals surface area contributed by atoms with E-state index in [1.54, 1.807) is 0 Å². The maximum atomic E-state index is 10.5. The molecule has 4 atom stereocenters. The number of benzene rings is 1. The predicted molar refractivity (Wildman–Crippen MR) is 93.6 cm³/mol. The fourth-order valence-corrected chi connectivity index (χ4v) is 5.14. The van der Waals surface area contributed by atoms with Crippen LogP contribution in [0.25, 0.3) is 10.9 Å². The number of likely N-dealkylation sites (N-methyl/N-ethyl adjacent to an activating group) is 1. The molecular weight excluding hydrogens is 300 g/mol. The topological polar surface area (TPSA) is 37.6 Å². The molecule has 0 spiro atoms. The smallest absolute Gasteiger partial charge is 0.179 e. The maximum Gasteiger partial charge on any atom is 0.179 e. The fourth-order valence-electron chi connectivity index (χ4n) is 5.14. The van der Waals surface area contributed by atoms with Crippen LogP contribution in [0.3, 0.4) is 0 Å². The molecule has 0 amide bonds. The van der Waals surface area contributed by atoms with Gasteiger partial charge in [0, 0.05) is 17.6 Å². The number of aliphatic hydroxyl groups excluding tert-OH is 1. The zero-order valence-corrected chi connectivity index (χ0v) is 14.3. The number of para-hydroxylation sites is 1. The molecule has 5 rings (SSSR count). The van der Waals surface area contributed by atoms with E-state index in [1.165, 1.54) is 22.2 Å². The Morgan fingerprint density at radius 3 is 2.92 bits per heavy atom. The molecule has 1 fully saturated rings. The van der Waals surface area contributed by atoms with E-state index >= 15 is 0 Å². The van der Waals surface area contributed by atoms with Crippen molar-refractivity contribution in [3.05, 3.63) is 47.2 Å². The van der Waals surface area contributed by atoms with Crippen molar-refractivity contribution in [3.63, 3.8) is 0 Å². The van der Waals surface area contributed by atoms with Gasteiger partial charge in [0.25, 0.3) is 0 Å². The summed E-state index contributed by atoms with van der Waals surface area (Å²) in [5.74, 6) is 0.390. The number of nitrogens with zero attached hydrogens (tertiary/aromatic N) is 2. The highest BCUT2D eigenvalue weighted by Crippen LogP contribution is 2.50. The number of hydrogen-bond acceptors (Lipinski definition) is 3. The van der Waals surface area contributed by atoms with Gasteiger partial charge in [-0.05, 0) is 56.4 Å². The van der Waals surface area contributed by atoms with Crippen molar-refractivity contribution in [1.82, 2.24) is 9.47 Å². The molecule has 2 aromatic rings. The Kier molecular flexibility index (Phi) is 3.18. The summed E-state index contributed by atoms with van der Waals surface area (Å²) in [7, 11) is 2.23. The Labute approximate surface area is 142 Å². The number of ether oxygens (including phenoxy) is 1. The number of aliphatic hydroxyl groups is 1. The highest BCUT2D eigenvalue weighted by atomic mass is 16.6. The normalized spacial score (nSPS) is 34.4. The molecule has 4 heterocycles. The standard InChI is InChI=1S/C20H24N2O2/c1-3-13-12-10-17-19-15(8-9-21(17)2)14-6-4-5-7-16(14)22(19)18(11-12)24-20(13)23/h3-7,12,17-18,20,23H,8-11H2,1-2H3/b13-3+/t12-,17+,18-,20+/m1/s1. The van der Waals surface area contributed by atoms with E-state index in [0.717, 1.165) is 31.4 Å². The number of aromatic nitrogens is 1. The zero-order chi connectivity index (χ0) is 16.4. The summed E-state index contributed by atoms with van der Waals surface area (Å²) in [5, 5.41) is 11.9. The second kappa shape index (κ2) is 5.19. The molecule has 4 heteroatoms. The molecular formula is C20H24N2O2. The molecule has 126 valence electrons. The lowest BCUT2D eigenvalue weighted by atomic mass is 9.84. The monoisotopic (exact) mass is 324 g/mol. The number of hydrogen-bond donors (Lipinski definition) is 1. The molecule has 0 unspecified atom stereocenters. The van der Waals surface area contributed by atoms with Crippen LogP contribution < -0.4 is 0 Å². The van der Waals surface area contributed by atoms with Crippen LogP contribution in [-0.2, 0) is 11.2 Å². The van der Waals surface area contributed by atoms with Crippen LogP contribution in [0.1, 0.15) is 43.3 Å². The van der Waals surface area contributed by atoms with Crippen molar-refractivity contribution >= 4 is 10.9 Å². The minimum atomic E-state index is -0.777. The first kappa shape index (κ1) is 14.7. The van der Waals surface area contributed by atoms with Crippen molar-refractivity contribution in [2.75, 3.05) is 13.6 Å². The summed E-state index contributed by atoms with van der Waals surface area (Å²) >= 11 is 0. The Balaban J connectivity index is 1.78. The third kappa shape index (κ3) is 1.85. The molecule has 0 radical (unpaired) electrons. The van der Waals surface area contributed by atoms with E-state index in [2.05, 4.69) is 40.8 Å². The largest absolute Gasteiger partial charge is 0.364 e. The maximum absolute atomic E-state index is 10.5. The summed E-state index contributed by atoms with van der Waals surface area (Å²) in [6.07, 6.45) is 4.31. The molecule has 1 aromatic carbocycles. The van der Waals surface area contributed by atoms with E-state index in [9.17, 15) is 5.11 Å². The second-order valence-electron chi connectivity index (χ2n) is 7.40. The van der Waals surface area contributed by atoms with Gasteiger partial charge < -0.3 is 14.4 Å². The van der Waals surface area contributed by atoms with Crippen LogP contribution >= 0.6 is 0 Å². The molecule has 0 saturated carbocycles. The molecule has 0 aliphatic carbocycles. The highest BCUT2D eigenvalue weighted by Gasteiger charge is 2.43. The van der Waals surface area contributed by atoms with Crippen molar-refractivity contribution in [2.45, 2.75) is 44.7 Å². The Hall–Kier alpha value is -1.62. The van der Waals surface area contributed by atoms with Crippen molar-refractivity contribution in [1.29, 1.82) is 0 Å². The Morgan fingerprint density at radius 1 is 1.25 bits per heavy atom. The quantitative estimate of drug-likeness (QED) is 0.755. The van der Waals surface area contributed by atoms with Gasteiger partial charge in [0.2, 0.25) is 0 Å². The SMILES string of the molecule is C/C=C1\[C@@H]2C[C@H]3c4c(c5ccccc5n4[C@@H](C2)O[C@@H]1O)CCN3C. The summed E-state index contributed by atoms with van der Waals surface area (Å²) in [4.78, 5) is 2.48. The molecule has 2 bridgehead atoms. The Bertz CT molecular complexity index is 838. The molecule has 3 aliphatic heterocycles. The van der Waals surface area contributed by atoms with Crippen LogP contribution in [0.15, 0.2) is 35.9 Å². The van der Waals surface area contributed by atoms with Crippen molar-refractivity contribution in [3.8, 4) is 0 Å². The number of rotatable bonds is 0. The van der Waals surface area contributed by atoms with Gasteiger partial charge >= 0.3 is 0 Å². The minimum absolute atomic E-state index is 0.0705. The van der Waals surface area contributed by atoms with Gasteiger partial charge in [-0.25, -0.2) is 0 Å². The summed E-state index contributed by atoms with van der Waals surface area (Å²) in [6, 6.07) is 9.08. The highest BCUT2D eigenvalue weighted by molar-refractivity contribution is 5.86.